The minimum absolute atomic E-state index is 0.387. The van der Waals surface area contributed by atoms with Gasteiger partial charge >= 0.3 is 12.1 Å². The van der Waals surface area contributed by atoms with Crippen LogP contribution in [0.15, 0.2) is 18.5 Å². The van der Waals surface area contributed by atoms with Crippen molar-refractivity contribution in [2.45, 2.75) is 57.9 Å². The van der Waals surface area contributed by atoms with E-state index < -0.39 is 12.1 Å². The van der Waals surface area contributed by atoms with Gasteiger partial charge in [0.05, 0.1) is 12.7 Å². The molecule has 3 rings (SSSR count). The first-order valence-corrected chi connectivity index (χ1v) is 10.2. The lowest BCUT2D eigenvalue weighted by Gasteiger charge is -2.46. The molecule has 7 nitrogen and oxygen atoms in total. The standard InChI is InChI=1S/C18H30N4O.C2HF3O2/c1-15(2)21(3)13-16-5-6-18(14-23-16)7-11-22(12-8-18)17-19-9-4-10-20-17;3-2(4,5)1(6)7/h4,9-10,15-16H,5-8,11-14H2,1-3H3;(H,6,7). The van der Waals surface area contributed by atoms with Crippen LogP contribution < -0.4 is 4.90 Å². The van der Waals surface area contributed by atoms with E-state index in [1.165, 1.54) is 25.7 Å². The number of halogens is 3. The highest BCUT2D eigenvalue weighted by atomic mass is 19.4. The molecule has 0 radical (unpaired) electrons. The molecule has 0 amide bonds. The molecule has 1 atom stereocenters. The van der Waals surface area contributed by atoms with Gasteiger partial charge in [0.15, 0.2) is 0 Å². The molecular formula is C20H31F3N4O3. The number of likely N-dealkylation sites (N-methyl/N-ethyl adjacent to an activating group) is 1. The van der Waals surface area contributed by atoms with Gasteiger partial charge in [0, 0.05) is 38.1 Å². The van der Waals surface area contributed by atoms with Crippen LogP contribution in [0.1, 0.15) is 39.5 Å². The minimum Gasteiger partial charge on any atom is -0.475 e. The molecule has 0 saturated carbocycles. The molecule has 1 aromatic rings. The molecule has 2 saturated heterocycles. The van der Waals surface area contributed by atoms with Crippen LogP contribution in [-0.2, 0) is 9.53 Å². The number of aromatic nitrogens is 2. The number of carboxylic acid groups (broad SMARTS) is 1. The number of anilines is 1. The van der Waals surface area contributed by atoms with Crippen LogP contribution in [0.2, 0.25) is 0 Å². The first kappa shape index (κ1) is 24.3. The van der Waals surface area contributed by atoms with E-state index in [0.717, 1.165) is 32.2 Å². The average molecular weight is 432 g/mol. The number of rotatable bonds is 4. The van der Waals surface area contributed by atoms with Gasteiger partial charge in [-0.1, -0.05) is 0 Å². The van der Waals surface area contributed by atoms with Crippen molar-refractivity contribution < 1.29 is 27.8 Å². The summed E-state index contributed by atoms with van der Waals surface area (Å²) in [7, 11) is 2.19. The number of piperidine rings is 1. The Hall–Kier alpha value is -1.94. The van der Waals surface area contributed by atoms with Gasteiger partial charge in [0.25, 0.3) is 0 Å². The number of ether oxygens (including phenoxy) is 1. The predicted octanol–water partition coefficient (Wildman–Crippen LogP) is 3.22. The highest BCUT2D eigenvalue weighted by molar-refractivity contribution is 5.73. The largest absolute Gasteiger partial charge is 0.490 e. The molecule has 1 aromatic heterocycles. The molecule has 0 aromatic carbocycles. The number of aliphatic carboxylic acids is 1. The van der Waals surface area contributed by atoms with Crippen molar-refractivity contribution in [3.05, 3.63) is 18.5 Å². The highest BCUT2D eigenvalue weighted by Gasteiger charge is 2.39. The monoisotopic (exact) mass is 432 g/mol. The average Bonchev–Trinajstić information content (AvgIpc) is 2.71. The summed E-state index contributed by atoms with van der Waals surface area (Å²) in [5.74, 6) is -1.89. The molecule has 0 bridgehead atoms. The van der Waals surface area contributed by atoms with E-state index in [0.29, 0.717) is 17.6 Å². The molecule has 3 heterocycles. The Morgan fingerprint density at radius 3 is 2.30 bits per heavy atom. The van der Waals surface area contributed by atoms with Crippen molar-refractivity contribution in [3.63, 3.8) is 0 Å². The molecule has 1 N–H and O–H groups in total. The van der Waals surface area contributed by atoms with Crippen LogP contribution in [-0.4, -0.2) is 77.6 Å². The predicted molar refractivity (Wildman–Crippen MR) is 106 cm³/mol. The summed E-state index contributed by atoms with van der Waals surface area (Å²) in [6.45, 7) is 8.55. The Bertz CT molecular complexity index is 655. The quantitative estimate of drug-likeness (QED) is 0.783. The fourth-order valence-electron chi connectivity index (χ4n) is 3.62. The first-order valence-electron chi connectivity index (χ1n) is 10.2. The molecule has 2 aliphatic rings. The van der Waals surface area contributed by atoms with Gasteiger partial charge in [0.2, 0.25) is 5.95 Å². The second-order valence-electron chi connectivity index (χ2n) is 8.34. The SMILES string of the molecule is CC(C)N(C)CC1CCC2(CCN(c3ncccn3)CC2)CO1.O=C(O)C(F)(F)F. The third-order valence-electron chi connectivity index (χ3n) is 5.90. The smallest absolute Gasteiger partial charge is 0.475 e. The number of hydrogen-bond donors (Lipinski definition) is 1. The summed E-state index contributed by atoms with van der Waals surface area (Å²) in [5, 5.41) is 7.12. The summed E-state index contributed by atoms with van der Waals surface area (Å²) in [6, 6.07) is 2.46. The summed E-state index contributed by atoms with van der Waals surface area (Å²) in [4.78, 5) is 22.3. The second-order valence-corrected chi connectivity index (χ2v) is 8.34. The maximum atomic E-state index is 10.6. The molecule has 170 valence electrons. The number of hydrogen-bond acceptors (Lipinski definition) is 6. The zero-order chi connectivity index (χ0) is 22.4. The molecule has 2 fully saturated rings. The minimum atomic E-state index is -5.08. The summed E-state index contributed by atoms with van der Waals surface area (Å²) < 4.78 is 38.0. The van der Waals surface area contributed by atoms with E-state index in [4.69, 9.17) is 14.6 Å². The van der Waals surface area contributed by atoms with E-state index >= 15 is 0 Å². The van der Waals surface area contributed by atoms with Crippen molar-refractivity contribution in [1.29, 1.82) is 0 Å². The third-order valence-corrected chi connectivity index (χ3v) is 5.90. The van der Waals surface area contributed by atoms with Gasteiger partial charge in [0.1, 0.15) is 0 Å². The zero-order valence-electron chi connectivity index (χ0n) is 17.7. The normalized spacial score (nSPS) is 21.5. The van der Waals surface area contributed by atoms with Gasteiger partial charge in [-0.25, -0.2) is 14.8 Å². The molecule has 2 aliphatic heterocycles. The fourth-order valence-corrected chi connectivity index (χ4v) is 3.62. The number of carboxylic acids is 1. The van der Waals surface area contributed by atoms with Crippen LogP contribution in [0.25, 0.3) is 0 Å². The van der Waals surface area contributed by atoms with Gasteiger partial charge in [-0.15, -0.1) is 0 Å². The molecule has 1 spiro atoms. The fraction of sp³-hybridized carbons (Fsp3) is 0.750. The van der Waals surface area contributed by atoms with Gasteiger partial charge < -0.3 is 19.6 Å². The Labute approximate surface area is 175 Å². The molecule has 30 heavy (non-hydrogen) atoms. The van der Waals surface area contributed by atoms with Crippen LogP contribution in [0.3, 0.4) is 0 Å². The lowest BCUT2D eigenvalue weighted by molar-refractivity contribution is -0.192. The Balaban J connectivity index is 0.000000396. The lowest BCUT2D eigenvalue weighted by atomic mass is 9.73. The highest BCUT2D eigenvalue weighted by Crippen LogP contribution is 2.41. The Morgan fingerprint density at radius 2 is 1.87 bits per heavy atom. The van der Waals surface area contributed by atoms with Gasteiger partial charge in [-0.2, -0.15) is 13.2 Å². The lowest BCUT2D eigenvalue weighted by Crippen LogP contribution is -2.48. The number of nitrogens with zero attached hydrogens (tertiary/aromatic N) is 4. The zero-order valence-corrected chi connectivity index (χ0v) is 17.7. The first-order chi connectivity index (χ1) is 14.0. The van der Waals surface area contributed by atoms with E-state index in [-0.39, 0.29) is 0 Å². The summed E-state index contributed by atoms with van der Waals surface area (Å²) in [5.41, 5.74) is 0.387. The maximum Gasteiger partial charge on any atom is 0.490 e. The van der Waals surface area contributed by atoms with E-state index in [2.05, 4.69) is 40.7 Å². The second kappa shape index (κ2) is 10.4. The van der Waals surface area contributed by atoms with Crippen molar-refractivity contribution in [3.8, 4) is 0 Å². The number of alkyl halides is 3. The van der Waals surface area contributed by atoms with Gasteiger partial charge in [-0.3, -0.25) is 0 Å². The number of carbonyl (C=O) groups is 1. The van der Waals surface area contributed by atoms with Crippen LogP contribution in [0.5, 0.6) is 0 Å². The molecule has 10 heteroatoms. The van der Waals surface area contributed by atoms with Crippen LogP contribution in [0, 0.1) is 5.41 Å². The molecule has 1 unspecified atom stereocenters. The van der Waals surface area contributed by atoms with Gasteiger partial charge in [-0.05, 0) is 58.1 Å². The molecule has 0 aliphatic carbocycles. The maximum absolute atomic E-state index is 10.6. The van der Waals surface area contributed by atoms with Crippen molar-refractivity contribution in [1.82, 2.24) is 14.9 Å². The van der Waals surface area contributed by atoms with Crippen molar-refractivity contribution in [2.75, 3.05) is 38.2 Å². The summed E-state index contributed by atoms with van der Waals surface area (Å²) in [6.07, 6.45) is 3.85. The molecular weight excluding hydrogens is 401 g/mol. The third kappa shape index (κ3) is 7.09. The van der Waals surface area contributed by atoms with Crippen LogP contribution >= 0.6 is 0 Å². The Morgan fingerprint density at radius 1 is 1.30 bits per heavy atom. The van der Waals surface area contributed by atoms with Crippen molar-refractivity contribution in [2.24, 2.45) is 5.41 Å². The van der Waals surface area contributed by atoms with E-state index in [1.807, 2.05) is 18.5 Å². The van der Waals surface area contributed by atoms with Crippen molar-refractivity contribution >= 4 is 11.9 Å². The topological polar surface area (TPSA) is 78.8 Å². The van der Waals surface area contributed by atoms with E-state index in [1.54, 1.807) is 0 Å². The Kier molecular flexibility index (Phi) is 8.42. The summed E-state index contributed by atoms with van der Waals surface area (Å²) >= 11 is 0. The van der Waals surface area contributed by atoms with Crippen LogP contribution in [0.4, 0.5) is 19.1 Å². The van der Waals surface area contributed by atoms with E-state index in [9.17, 15) is 13.2 Å².